The third-order valence-electron chi connectivity index (χ3n) is 5.29. The number of amides is 1. The topological polar surface area (TPSA) is 66.5 Å². The lowest BCUT2D eigenvalue weighted by Crippen LogP contribution is -2.47. The Morgan fingerprint density at radius 3 is 2.45 bits per heavy atom. The third-order valence-corrected chi connectivity index (χ3v) is 6.02. The van der Waals surface area contributed by atoms with Crippen molar-refractivity contribution in [2.45, 2.75) is 45.2 Å². The van der Waals surface area contributed by atoms with E-state index in [-0.39, 0.29) is 23.9 Å². The monoisotopic (exact) mass is 414 g/mol. The number of carbonyl (C=O) groups excluding carboxylic acids is 1. The van der Waals surface area contributed by atoms with E-state index in [1.165, 1.54) is 6.26 Å². The Bertz CT molecular complexity index is 942. The lowest BCUT2D eigenvalue weighted by Gasteiger charge is -2.29. The van der Waals surface area contributed by atoms with Crippen molar-refractivity contribution in [1.29, 1.82) is 0 Å². The second-order valence-electron chi connectivity index (χ2n) is 8.31. The Hall–Kier alpha value is -2.18. The number of sulfonamides is 1. The highest BCUT2D eigenvalue weighted by Gasteiger charge is 2.38. The number of likely N-dealkylation sites (tertiary alicyclic amines) is 1. The second-order valence-corrected chi connectivity index (χ2v) is 10.1. The van der Waals surface area contributed by atoms with E-state index in [1.807, 2.05) is 49.1 Å². The zero-order chi connectivity index (χ0) is 21.0. The Balaban J connectivity index is 1.86. The molecule has 1 saturated heterocycles. The smallest absolute Gasteiger partial charge is 0.223 e. The summed E-state index contributed by atoms with van der Waals surface area (Å²) in [5, 5.41) is 0. The molecule has 6 heteroatoms. The predicted molar refractivity (Wildman–Crippen MR) is 117 cm³/mol. The van der Waals surface area contributed by atoms with Gasteiger partial charge in [0.15, 0.2) is 0 Å². The molecule has 2 atom stereocenters. The first-order valence-electron chi connectivity index (χ1n) is 10.1. The van der Waals surface area contributed by atoms with Crippen LogP contribution in [0.1, 0.15) is 32.3 Å². The minimum absolute atomic E-state index is 0.0991. The van der Waals surface area contributed by atoms with Gasteiger partial charge in [-0.2, -0.15) is 0 Å². The highest BCUT2D eigenvalue weighted by atomic mass is 32.2. The molecule has 29 heavy (non-hydrogen) atoms. The summed E-state index contributed by atoms with van der Waals surface area (Å²) in [7, 11) is -3.34. The van der Waals surface area contributed by atoms with Crippen molar-refractivity contribution in [3.8, 4) is 11.1 Å². The van der Waals surface area contributed by atoms with Crippen LogP contribution in [0.15, 0.2) is 54.6 Å². The molecule has 1 fully saturated rings. The van der Waals surface area contributed by atoms with Crippen molar-refractivity contribution in [3.05, 3.63) is 60.2 Å². The van der Waals surface area contributed by atoms with Gasteiger partial charge >= 0.3 is 0 Å². The lowest BCUT2D eigenvalue weighted by atomic mass is 9.96. The number of nitrogens with one attached hydrogen (secondary N) is 1. The van der Waals surface area contributed by atoms with Crippen LogP contribution >= 0.6 is 0 Å². The van der Waals surface area contributed by atoms with Gasteiger partial charge in [0.2, 0.25) is 15.9 Å². The van der Waals surface area contributed by atoms with Crippen LogP contribution in [-0.4, -0.2) is 44.1 Å². The van der Waals surface area contributed by atoms with Gasteiger partial charge in [-0.05, 0) is 35.4 Å². The molecule has 0 unspecified atom stereocenters. The van der Waals surface area contributed by atoms with Crippen LogP contribution in [0.5, 0.6) is 0 Å². The molecule has 1 amide bonds. The summed E-state index contributed by atoms with van der Waals surface area (Å²) >= 11 is 0. The summed E-state index contributed by atoms with van der Waals surface area (Å²) in [5.74, 6) is 0.369. The van der Waals surface area contributed by atoms with Crippen molar-refractivity contribution in [3.63, 3.8) is 0 Å². The number of carbonyl (C=O) groups is 1. The zero-order valence-corrected chi connectivity index (χ0v) is 18.2. The number of nitrogens with zero attached hydrogens (tertiary/aromatic N) is 1. The molecule has 5 nitrogen and oxygen atoms in total. The maximum atomic E-state index is 12.8. The average molecular weight is 415 g/mol. The third kappa shape index (κ3) is 5.90. The van der Waals surface area contributed by atoms with Gasteiger partial charge < -0.3 is 4.90 Å². The average Bonchev–Trinajstić information content (AvgIpc) is 3.03. The van der Waals surface area contributed by atoms with Crippen LogP contribution in [-0.2, 0) is 21.2 Å². The number of benzene rings is 2. The van der Waals surface area contributed by atoms with E-state index in [2.05, 4.69) is 29.0 Å². The van der Waals surface area contributed by atoms with E-state index in [0.29, 0.717) is 25.8 Å². The van der Waals surface area contributed by atoms with Crippen LogP contribution < -0.4 is 4.72 Å². The minimum Gasteiger partial charge on any atom is -0.338 e. The molecule has 2 aromatic carbocycles. The molecular formula is C23H30N2O3S. The molecule has 1 heterocycles. The van der Waals surface area contributed by atoms with E-state index in [1.54, 1.807) is 0 Å². The molecule has 3 rings (SSSR count). The Morgan fingerprint density at radius 2 is 1.79 bits per heavy atom. The molecule has 1 aliphatic rings. The summed E-state index contributed by atoms with van der Waals surface area (Å²) < 4.78 is 26.5. The highest BCUT2D eigenvalue weighted by molar-refractivity contribution is 7.88. The predicted octanol–water partition coefficient (Wildman–Crippen LogP) is 3.46. The summed E-state index contributed by atoms with van der Waals surface area (Å²) in [6.07, 6.45) is 2.92. The second kappa shape index (κ2) is 9.09. The quantitative estimate of drug-likeness (QED) is 0.754. The molecule has 0 saturated carbocycles. The SMILES string of the molecule is CC(C)CC(=O)N1CC[C@@H](NS(C)(=O)=O)[C@H]1Cc1cccc(-c2ccccc2)c1. The zero-order valence-electron chi connectivity index (χ0n) is 17.3. The Kier molecular flexibility index (Phi) is 6.75. The standard InChI is InChI=1S/C23H30N2O3S/c1-17(2)14-23(26)25-13-12-21(24-29(3,27)28)22(25)16-18-8-7-11-20(15-18)19-9-5-4-6-10-19/h4-11,15,17,21-22,24H,12-14,16H2,1-3H3/t21-,22-/m1/s1. The molecule has 156 valence electrons. The Morgan fingerprint density at radius 1 is 1.10 bits per heavy atom. The molecule has 0 aromatic heterocycles. The van der Waals surface area contributed by atoms with Crippen molar-refractivity contribution < 1.29 is 13.2 Å². The first kappa shape index (κ1) is 21.5. The first-order chi connectivity index (χ1) is 13.7. The van der Waals surface area contributed by atoms with E-state index < -0.39 is 10.0 Å². The Labute approximate surface area is 174 Å². The fourth-order valence-corrected chi connectivity index (χ4v) is 4.87. The van der Waals surface area contributed by atoms with Gasteiger partial charge in [0, 0.05) is 19.0 Å². The molecule has 2 aromatic rings. The van der Waals surface area contributed by atoms with Crippen LogP contribution in [0.3, 0.4) is 0 Å². The molecule has 1 aliphatic heterocycles. The molecule has 1 N–H and O–H groups in total. The number of hydrogen-bond donors (Lipinski definition) is 1. The summed E-state index contributed by atoms with van der Waals surface area (Å²) in [4.78, 5) is 14.7. The molecule has 0 radical (unpaired) electrons. The van der Waals surface area contributed by atoms with Crippen molar-refractivity contribution in [2.24, 2.45) is 5.92 Å². The van der Waals surface area contributed by atoms with Gasteiger partial charge in [0.1, 0.15) is 0 Å². The molecule has 0 bridgehead atoms. The fourth-order valence-electron chi connectivity index (χ4n) is 4.04. The highest BCUT2D eigenvalue weighted by Crippen LogP contribution is 2.26. The van der Waals surface area contributed by atoms with Gasteiger partial charge in [-0.1, -0.05) is 68.4 Å². The summed E-state index contributed by atoms with van der Waals surface area (Å²) in [5.41, 5.74) is 3.36. The maximum Gasteiger partial charge on any atom is 0.223 e. The van der Waals surface area contributed by atoms with Crippen LogP contribution in [0.4, 0.5) is 0 Å². The maximum absolute atomic E-state index is 12.8. The number of rotatable bonds is 7. The first-order valence-corrected chi connectivity index (χ1v) is 12.0. The van der Waals surface area contributed by atoms with Gasteiger partial charge in [-0.15, -0.1) is 0 Å². The summed E-state index contributed by atoms with van der Waals surface area (Å²) in [6, 6.07) is 18.0. The van der Waals surface area contributed by atoms with Gasteiger partial charge in [-0.25, -0.2) is 13.1 Å². The van der Waals surface area contributed by atoms with Gasteiger partial charge in [0.25, 0.3) is 0 Å². The van der Waals surface area contributed by atoms with Crippen LogP contribution in [0.25, 0.3) is 11.1 Å². The van der Waals surface area contributed by atoms with Crippen LogP contribution in [0.2, 0.25) is 0 Å². The minimum atomic E-state index is -3.34. The number of hydrogen-bond acceptors (Lipinski definition) is 3. The van der Waals surface area contributed by atoms with Crippen molar-refractivity contribution >= 4 is 15.9 Å². The molecule has 0 aliphatic carbocycles. The van der Waals surface area contributed by atoms with Crippen molar-refractivity contribution in [2.75, 3.05) is 12.8 Å². The van der Waals surface area contributed by atoms with E-state index in [9.17, 15) is 13.2 Å². The molecular weight excluding hydrogens is 384 g/mol. The van der Waals surface area contributed by atoms with E-state index >= 15 is 0 Å². The normalized spacial score (nSPS) is 19.7. The lowest BCUT2D eigenvalue weighted by molar-refractivity contribution is -0.132. The van der Waals surface area contributed by atoms with E-state index in [0.717, 1.165) is 16.7 Å². The largest absolute Gasteiger partial charge is 0.338 e. The fraction of sp³-hybridized carbons (Fsp3) is 0.435. The van der Waals surface area contributed by atoms with Crippen LogP contribution in [0, 0.1) is 5.92 Å². The summed E-state index contributed by atoms with van der Waals surface area (Å²) in [6.45, 7) is 4.64. The van der Waals surface area contributed by atoms with Gasteiger partial charge in [0.05, 0.1) is 12.3 Å². The van der Waals surface area contributed by atoms with Crippen molar-refractivity contribution in [1.82, 2.24) is 9.62 Å². The van der Waals surface area contributed by atoms with Gasteiger partial charge in [-0.3, -0.25) is 4.79 Å². The van der Waals surface area contributed by atoms with E-state index in [4.69, 9.17) is 0 Å². The molecule has 0 spiro atoms.